The van der Waals surface area contributed by atoms with Crippen molar-refractivity contribution in [3.05, 3.63) is 29.3 Å². The lowest BCUT2D eigenvalue weighted by molar-refractivity contribution is -0.124. The van der Waals surface area contributed by atoms with Gasteiger partial charge in [0.05, 0.1) is 5.54 Å². The second kappa shape index (κ2) is 7.70. The van der Waals surface area contributed by atoms with E-state index in [9.17, 15) is 4.79 Å². The van der Waals surface area contributed by atoms with Crippen LogP contribution in [-0.4, -0.2) is 23.7 Å². The number of thioether (sulfide) groups is 1. The van der Waals surface area contributed by atoms with Crippen molar-refractivity contribution in [1.82, 2.24) is 5.32 Å². The molecule has 112 valence electrons. The Kier molecular flexibility index (Phi) is 6.56. The summed E-state index contributed by atoms with van der Waals surface area (Å²) in [6.45, 7) is 8.89. The molecule has 0 aromatic heterocycles. The summed E-state index contributed by atoms with van der Waals surface area (Å²) in [5.74, 6) is 0.729. The minimum Gasteiger partial charge on any atom is -0.368 e. The van der Waals surface area contributed by atoms with E-state index in [1.54, 1.807) is 0 Å². The molecule has 0 aliphatic carbocycles. The molecule has 0 aliphatic rings. The van der Waals surface area contributed by atoms with Gasteiger partial charge in [0, 0.05) is 4.90 Å². The average Bonchev–Trinajstić information content (AvgIpc) is 2.39. The standard InChI is InChI=1S/C16H26N2OS/c1-5-18-16(4,15(17)19)9-6-10-20-14-8-7-12(2)13(3)11-14/h7-8,11,18H,5-6,9-10H2,1-4H3,(H2,17,19). The van der Waals surface area contributed by atoms with E-state index in [2.05, 4.69) is 37.4 Å². The normalized spacial score (nSPS) is 14.0. The van der Waals surface area contributed by atoms with Crippen LogP contribution in [0.15, 0.2) is 23.1 Å². The second-order valence-electron chi connectivity index (χ2n) is 5.42. The molecule has 1 amide bonds. The molecule has 0 spiro atoms. The lowest BCUT2D eigenvalue weighted by atomic mass is 9.95. The number of carbonyl (C=O) groups excluding carboxylic acids is 1. The number of carbonyl (C=O) groups is 1. The van der Waals surface area contributed by atoms with Crippen molar-refractivity contribution < 1.29 is 4.79 Å². The Morgan fingerprint density at radius 1 is 1.35 bits per heavy atom. The molecule has 3 N–H and O–H groups in total. The van der Waals surface area contributed by atoms with E-state index < -0.39 is 5.54 Å². The van der Waals surface area contributed by atoms with Gasteiger partial charge in [-0.25, -0.2) is 0 Å². The molecular weight excluding hydrogens is 268 g/mol. The van der Waals surface area contributed by atoms with E-state index in [4.69, 9.17) is 5.73 Å². The number of amides is 1. The van der Waals surface area contributed by atoms with Crippen molar-refractivity contribution in [2.24, 2.45) is 5.73 Å². The van der Waals surface area contributed by atoms with Crippen molar-refractivity contribution in [3.8, 4) is 0 Å². The van der Waals surface area contributed by atoms with Crippen LogP contribution in [0.2, 0.25) is 0 Å². The molecule has 1 aromatic carbocycles. The van der Waals surface area contributed by atoms with Crippen molar-refractivity contribution >= 4 is 17.7 Å². The van der Waals surface area contributed by atoms with E-state index in [0.717, 1.165) is 25.1 Å². The van der Waals surface area contributed by atoms with Gasteiger partial charge in [-0.1, -0.05) is 13.0 Å². The predicted molar refractivity (Wildman–Crippen MR) is 87.2 cm³/mol. The third kappa shape index (κ3) is 4.84. The van der Waals surface area contributed by atoms with Gasteiger partial charge in [0.15, 0.2) is 0 Å². The number of rotatable bonds is 8. The fourth-order valence-corrected chi connectivity index (χ4v) is 3.06. The highest BCUT2D eigenvalue weighted by atomic mass is 32.2. The molecule has 0 heterocycles. The first kappa shape index (κ1) is 17.1. The third-order valence-corrected chi connectivity index (χ3v) is 4.76. The molecule has 0 radical (unpaired) electrons. The maximum atomic E-state index is 11.5. The SMILES string of the molecule is CCNC(C)(CCCSc1ccc(C)c(C)c1)C(N)=O. The smallest absolute Gasteiger partial charge is 0.237 e. The monoisotopic (exact) mass is 294 g/mol. The highest BCUT2D eigenvalue weighted by Gasteiger charge is 2.28. The van der Waals surface area contributed by atoms with Crippen molar-refractivity contribution in [2.45, 2.75) is 51.0 Å². The van der Waals surface area contributed by atoms with Gasteiger partial charge in [0.2, 0.25) is 5.91 Å². The molecule has 1 rings (SSSR count). The molecule has 1 aromatic rings. The summed E-state index contributed by atoms with van der Waals surface area (Å²) in [6, 6.07) is 6.53. The summed E-state index contributed by atoms with van der Waals surface area (Å²) < 4.78 is 0. The topological polar surface area (TPSA) is 55.1 Å². The lowest BCUT2D eigenvalue weighted by Crippen LogP contribution is -2.53. The quantitative estimate of drug-likeness (QED) is 0.572. The van der Waals surface area contributed by atoms with Gasteiger partial charge in [-0.15, -0.1) is 11.8 Å². The first-order valence-corrected chi connectivity index (χ1v) is 8.12. The molecule has 4 heteroatoms. The molecule has 0 aliphatic heterocycles. The van der Waals surface area contributed by atoms with Crippen LogP contribution >= 0.6 is 11.8 Å². The van der Waals surface area contributed by atoms with E-state index in [1.807, 2.05) is 25.6 Å². The summed E-state index contributed by atoms with van der Waals surface area (Å²) in [6.07, 6.45) is 1.73. The predicted octanol–water partition coefficient (Wildman–Crippen LogP) is 3.03. The highest BCUT2D eigenvalue weighted by Crippen LogP contribution is 2.23. The van der Waals surface area contributed by atoms with Gasteiger partial charge in [-0.3, -0.25) is 4.79 Å². The number of hydrogen-bond donors (Lipinski definition) is 2. The first-order chi connectivity index (χ1) is 9.39. The third-order valence-electron chi connectivity index (χ3n) is 3.68. The molecular formula is C16H26N2OS. The number of likely N-dealkylation sites (N-methyl/N-ethyl adjacent to an activating group) is 1. The number of nitrogens with two attached hydrogens (primary N) is 1. The Hall–Kier alpha value is -1.00. The molecule has 1 unspecified atom stereocenters. The number of hydrogen-bond acceptors (Lipinski definition) is 3. The van der Waals surface area contributed by atoms with Crippen molar-refractivity contribution in [1.29, 1.82) is 0 Å². The van der Waals surface area contributed by atoms with Gasteiger partial charge < -0.3 is 11.1 Å². The summed E-state index contributed by atoms with van der Waals surface area (Å²) in [7, 11) is 0. The minimum atomic E-state index is -0.585. The number of benzene rings is 1. The maximum absolute atomic E-state index is 11.5. The number of primary amides is 1. The van der Waals surface area contributed by atoms with Crippen LogP contribution in [0.5, 0.6) is 0 Å². The highest BCUT2D eigenvalue weighted by molar-refractivity contribution is 7.99. The zero-order valence-corrected chi connectivity index (χ0v) is 13.8. The van der Waals surface area contributed by atoms with Crippen LogP contribution in [0.4, 0.5) is 0 Å². The van der Waals surface area contributed by atoms with Crippen LogP contribution in [0.3, 0.4) is 0 Å². The molecule has 1 atom stereocenters. The Bertz CT molecular complexity index is 462. The molecule has 0 bridgehead atoms. The summed E-state index contributed by atoms with van der Waals surface area (Å²) in [5.41, 5.74) is 7.54. The summed E-state index contributed by atoms with van der Waals surface area (Å²) >= 11 is 1.83. The molecule has 0 fully saturated rings. The zero-order chi connectivity index (χ0) is 15.2. The second-order valence-corrected chi connectivity index (χ2v) is 6.59. The van der Waals surface area contributed by atoms with Gasteiger partial charge >= 0.3 is 0 Å². The fraction of sp³-hybridized carbons (Fsp3) is 0.562. The van der Waals surface area contributed by atoms with E-state index in [1.165, 1.54) is 16.0 Å². The number of nitrogens with one attached hydrogen (secondary N) is 1. The average molecular weight is 294 g/mol. The van der Waals surface area contributed by atoms with E-state index >= 15 is 0 Å². The summed E-state index contributed by atoms with van der Waals surface area (Å²) in [4.78, 5) is 12.8. The van der Waals surface area contributed by atoms with E-state index in [-0.39, 0.29) is 5.91 Å². The van der Waals surface area contributed by atoms with Crippen LogP contribution in [0, 0.1) is 13.8 Å². The van der Waals surface area contributed by atoms with Gasteiger partial charge in [0.1, 0.15) is 0 Å². The first-order valence-electron chi connectivity index (χ1n) is 7.14. The lowest BCUT2D eigenvalue weighted by Gasteiger charge is -2.26. The van der Waals surface area contributed by atoms with Gasteiger partial charge in [-0.05, 0) is 69.2 Å². The van der Waals surface area contributed by atoms with Crippen LogP contribution in [0.1, 0.15) is 37.8 Å². The Labute approximate surface area is 126 Å². The van der Waals surface area contributed by atoms with E-state index in [0.29, 0.717) is 0 Å². The maximum Gasteiger partial charge on any atom is 0.237 e. The Morgan fingerprint density at radius 3 is 2.60 bits per heavy atom. The largest absolute Gasteiger partial charge is 0.368 e. The van der Waals surface area contributed by atoms with Crippen molar-refractivity contribution in [3.63, 3.8) is 0 Å². The molecule has 0 saturated carbocycles. The van der Waals surface area contributed by atoms with Crippen molar-refractivity contribution in [2.75, 3.05) is 12.3 Å². The van der Waals surface area contributed by atoms with Crippen LogP contribution in [0.25, 0.3) is 0 Å². The zero-order valence-electron chi connectivity index (χ0n) is 13.0. The molecule has 3 nitrogen and oxygen atoms in total. The fourth-order valence-electron chi connectivity index (χ4n) is 2.11. The minimum absolute atomic E-state index is 0.268. The van der Waals surface area contributed by atoms with Gasteiger partial charge in [-0.2, -0.15) is 0 Å². The Morgan fingerprint density at radius 2 is 2.05 bits per heavy atom. The van der Waals surface area contributed by atoms with Gasteiger partial charge in [0.25, 0.3) is 0 Å². The Balaban J connectivity index is 2.44. The molecule has 0 saturated heterocycles. The molecule has 20 heavy (non-hydrogen) atoms. The summed E-state index contributed by atoms with van der Waals surface area (Å²) in [5, 5.41) is 3.19. The van der Waals surface area contributed by atoms with Crippen LogP contribution < -0.4 is 11.1 Å². The number of aryl methyl sites for hydroxylation is 2. The van der Waals surface area contributed by atoms with Crippen LogP contribution in [-0.2, 0) is 4.79 Å².